The van der Waals surface area contributed by atoms with Crippen LogP contribution < -0.4 is 22.5 Å². The molecule has 20 heteroatoms. The van der Waals surface area contributed by atoms with Crippen LogP contribution in [0.3, 0.4) is 0 Å². The molecule has 0 aliphatic rings. The van der Waals surface area contributed by atoms with E-state index in [9.17, 15) is 36.7 Å². The lowest BCUT2D eigenvalue weighted by Gasteiger charge is -2.16. The minimum Gasteiger partial charge on any atom is -0.361 e. The van der Waals surface area contributed by atoms with E-state index in [1.165, 1.54) is 11.5 Å². The molecule has 0 amide bonds. The zero-order valence-electron chi connectivity index (χ0n) is 27.0. The lowest BCUT2D eigenvalue weighted by atomic mass is 10.5. The molecule has 0 aromatic carbocycles. The minimum absolute atomic E-state index is 0. The highest BCUT2D eigenvalue weighted by Gasteiger charge is 2.16. The van der Waals surface area contributed by atoms with Crippen LogP contribution in [0.2, 0.25) is 61.7 Å². The first kappa shape index (κ1) is 50.0. The van der Waals surface area contributed by atoms with Gasteiger partial charge in [0.25, 0.3) is 17.5 Å². The summed E-state index contributed by atoms with van der Waals surface area (Å²) in [6.45, 7) is 14.7. The van der Waals surface area contributed by atoms with E-state index in [-0.39, 0.29) is 43.0 Å². The van der Waals surface area contributed by atoms with E-state index in [4.69, 9.17) is 55.9 Å². The molecule has 0 bridgehead atoms. The normalized spacial score (nSPS) is 11.1. The lowest BCUT2D eigenvalue weighted by molar-refractivity contribution is 0.0797. The summed E-state index contributed by atoms with van der Waals surface area (Å²) in [5.74, 6) is 0. The van der Waals surface area contributed by atoms with Crippen molar-refractivity contribution in [3.63, 3.8) is 0 Å². The van der Waals surface area contributed by atoms with Gasteiger partial charge in [0, 0.05) is 47.9 Å². The van der Waals surface area contributed by atoms with Gasteiger partial charge in [0.05, 0.1) is 11.9 Å². The van der Waals surface area contributed by atoms with Crippen LogP contribution in [0, 0.1) is 0 Å². The molecule has 0 atom stereocenters. The number of ether oxygens (including phenoxy) is 2. The molecule has 276 valence electrons. The number of hydrogen-bond acceptors (Lipinski definition) is 6. The zero-order valence-corrected chi connectivity index (χ0v) is 32.0. The molecule has 0 saturated carbocycles. The van der Waals surface area contributed by atoms with E-state index in [0.717, 1.165) is 28.8 Å². The first-order chi connectivity index (χ1) is 21.1. The molecule has 2 aromatic heterocycles. The summed E-state index contributed by atoms with van der Waals surface area (Å²) in [5, 5.41) is 0.162. The van der Waals surface area contributed by atoms with Crippen molar-refractivity contribution in [2.75, 3.05) is 18.6 Å². The second kappa shape index (κ2) is 25.5. The van der Waals surface area contributed by atoms with Gasteiger partial charge in [0.15, 0.2) is 0 Å². The molecule has 47 heavy (non-hydrogen) atoms. The van der Waals surface area contributed by atoms with E-state index >= 15 is 0 Å². The van der Waals surface area contributed by atoms with Gasteiger partial charge in [-0.1, -0.05) is 76.8 Å². The Hall–Kier alpha value is -1.41. The average Bonchev–Trinajstić information content (AvgIpc) is 2.89. The Morgan fingerprint density at radius 1 is 0.766 bits per heavy atom. The smallest absolute Gasteiger partial charge is 0.334 e. The molecule has 0 aliphatic heterocycles. The Bertz CT molecular complexity index is 1380. The van der Waals surface area contributed by atoms with Crippen LogP contribution in [-0.2, 0) is 29.5 Å². The van der Waals surface area contributed by atoms with Crippen LogP contribution in [0.1, 0.15) is 20.8 Å². The Morgan fingerprint density at radius 3 is 1.53 bits per heavy atom. The first-order valence-corrected chi connectivity index (χ1v) is 23.2. The van der Waals surface area contributed by atoms with Crippen LogP contribution in [0.5, 0.6) is 0 Å². The summed E-state index contributed by atoms with van der Waals surface area (Å²) in [4.78, 5) is 48.0. The monoisotopic (exact) mass is 796 g/mol. The summed E-state index contributed by atoms with van der Waals surface area (Å²) in [5.41, 5.74) is -2.78. The van der Waals surface area contributed by atoms with Crippen molar-refractivity contribution in [2.24, 2.45) is 0 Å². The highest BCUT2D eigenvalue weighted by molar-refractivity contribution is 6.76. The van der Waals surface area contributed by atoms with Crippen molar-refractivity contribution >= 4 is 62.6 Å². The maximum Gasteiger partial charge on any atom is 0.334 e. The Kier molecular flexibility index (Phi) is 27.2. The second-order valence-electron chi connectivity index (χ2n) is 11.8. The molecule has 2 heterocycles. The summed E-state index contributed by atoms with van der Waals surface area (Å²) in [6.07, 6.45) is -4.94. The SMILES string of the molecule is C.CCC(F)F.C[Si](C)(C)CCOCn1c(Cl)cc(=O)[nH]c1=O.C[Si](C)(C)CCOCn1c(Cl)cc(=O)n(CC(F)F)c1=O.ClCCl. The molecule has 0 unspecified atom stereocenters. The number of H-pyrrole nitrogens is 1. The lowest BCUT2D eigenvalue weighted by Crippen LogP contribution is -2.41. The Morgan fingerprint density at radius 2 is 1.17 bits per heavy atom. The van der Waals surface area contributed by atoms with Crippen molar-refractivity contribution in [3.8, 4) is 0 Å². The van der Waals surface area contributed by atoms with Crippen LogP contribution in [0.25, 0.3) is 0 Å². The second-order valence-corrected chi connectivity index (χ2v) is 24.6. The Balaban J connectivity index is -0.000000667. The van der Waals surface area contributed by atoms with Crippen LogP contribution >= 0.6 is 46.4 Å². The zero-order chi connectivity index (χ0) is 36.3. The largest absolute Gasteiger partial charge is 0.361 e. The van der Waals surface area contributed by atoms with Crippen molar-refractivity contribution in [2.45, 2.75) is 105 Å². The van der Waals surface area contributed by atoms with Gasteiger partial charge < -0.3 is 9.47 Å². The number of hydrogen-bond donors (Lipinski definition) is 1. The fourth-order valence-electron chi connectivity index (χ4n) is 2.69. The number of aromatic amines is 1. The summed E-state index contributed by atoms with van der Waals surface area (Å²) in [7, 11) is -2.40. The Labute approximate surface area is 294 Å². The van der Waals surface area contributed by atoms with E-state index in [1.807, 2.05) is 0 Å². The molecule has 2 rings (SSSR count). The highest BCUT2D eigenvalue weighted by Crippen LogP contribution is 2.10. The standard InChI is InChI=1S/C12H19ClF2N2O3Si.C10H17ClN2O3Si.C3H6F2.CH2Cl2.CH4/c1-21(2,3)5-4-20-8-17-9(13)6-11(18)16(12(17)19)7-10(14)15;1-17(2,3)5-4-16-7-13-8(11)6-9(14)12-10(13)15;1-2-3(4)5;2-1-3;/h6,10H,4-5,7-8H2,1-3H3;6H,4-5,7H2,1-3H3,(H,12,14,15);3H,2H2,1H3;1H2;1H4. The van der Waals surface area contributed by atoms with Gasteiger partial charge in [-0.15, -0.1) is 23.2 Å². The van der Waals surface area contributed by atoms with E-state index in [2.05, 4.69) is 44.3 Å². The molecule has 0 aliphatic carbocycles. The van der Waals surface area contributed by atoms with E-state index < -0.39 is 58.0 Å². The number of nitrogens with zero attached hydrogens (tertiary/aromatic N) is 3. The van der Waals surface area contributed by atoms with Gasteiger partial charge in [-0.25, -0.2) is 27.2 Å². The van der Waals surface area contributed by atoms with Gasteiger partial charge in [0.1, 0.15) is 23.8 Å². The molecule has 0 fully saturated rings. The quantitative estimate of drug-likeness (QED) is 0.0740. The number of halogens is 8. The predicted octanol–water partition coefficient (Wildman–Crippen LogP) is 7.46. The van der Waals surface area contributed by atoms with Crippen molar-refractivity contribution in [1.29, 1.82) is 0 Å². The molecular weight excluding hydrogens is 750 g/mol. The van der Waals surface area contributed by atoms with Crippen LogP contribution in [0.4, 0.5) is 17.6 Å². The first-order valence-electron chi connectivity index (χ1n) is 13.9. The molecular formula is C27H48Cl4F4N4O6Si2. The van der Waals surface area contributed by atoms with Gasteiger partial charge in [-0.05, 0) is 12.1 Å². The maximum atomic E-state index is 12.4. The number of rotatable bonds is 13. The third-order valence-electron chi connectivity index (χ3n) is 5.27. The molecule has 1 N–H and O–H groups in total. The maximum absolute atomic E-state index is 12.4. The third-order valence-corrected chi connectivity index (χ3v) is 9.31. The van der Waals surface area contributed by atoms with E-state index in [0.29, 0.717) is 17.8 Å². The molecule has 2 aromatic rings. The van der Waals surface area contributed by atoms with Gasteiger partial charge in [-0.2, -0.15) is 0 Å². The number of nitrogens with one attached hydrogen (secondary N) is 1. The molecule has 0 saturated heterocycles. The molecule has 0 spiro atoms. The topological polar surface area (TPSA) is 117 Å². The van der Waals surface area contributed by atoms with Gasteiger partial charge >= 0.3 is 11.4 Å². The van der Waals surface area contributed by atoms with Gasteiger partial charge in [-0.3, -0.25) is 28.3 Å². The van der Waals surface area contributed by atoms with Crippen LogP contribution in [0.15, 0.2) is 31.3 Å². The minimum atomic E-state index is -2.79. The van der Waals surface area contributed by atoms with Crippen LogP contribution in [-0.4, -0.2) is 66.2 Å². The average molecular weight is 799 g/mol. The van der Waals surface area contributed by atoms with E-state index in [1.54, 1.807) is 0 Å². The highest BCUT2D eigenvalue weighted by atomic mass is 35.5. The number of aromatic nitrogens is 4. The molecule has 10 nitrogen and oxygen atoms in total. The van der Waals surface area contributed by atoms with Gasteiger partial charge in [0.2, 0.25) is 6.43 Å². The predicted molar refractivity (Wildman–Crippen MR) is 190 cm³/mol. The summed E-state index contributed by atoms with van der Waals surface area (Å²) >= 11 is 21.1. The fraction of sp³-hybridized carbons (Fsp3) is 0.704. The van der Waals surface area contributed by atoms with Crippen molar-refractivity contribution < 1.29 is 27.0 Å². The van der Waals surface area contributed by atoms with Crippen molar-refractivity contribution in [1.82, 2.24) is 18.7 Å². The fourth-order valence-corrected chi connectivity index (χ4v) is 4.65. The molecule has 0 radical (unpaired) electrons. The number of alkyl halides is 6. The van der Waals surface area contributed by atoms with Crippen molar-refractivity contribution in [3.05, 3.63) is 64.1 Å². The third kappa shape index (κ3) is 25.3. The summed E-state index contributed by atoms with van der Waals surface area (Å²) in [6, 6.07) is 4.01. The summed E-state index contributed by atoms with van der Waals surface area (Å²) < 4.78 is 59.7.